The van der Waals surface area contributed by atoms with Crippen molar-refractivity contribution < 1.29 is 14.6 Å². The van der Waals surface area contributed by atoms with Gasteiger partial charge >= 0.3 is 0 Å². The van der Waals surface area contributed by atoms with Gasteiger partial charge in [-0.05, 0) is 49.6 Å². The smallest absolute Gasteiger partial charge is 0.277 e. The summed E-state index contributed by atoms with van der Waals surface area (Å²) in [5, 5.41) is 14.0. The largest absolute Gasteiger partial charge is 0.507 e. The van der Waals surface area contributed by atoms with Crippen LogP contribution in [-0.4, -0.2) is 36.9 Å². The number of carbonyl (C=O) groups excluding carboxylic acids is 1. The number of amides is 1. The lowest BCUT2D eigenvalue weighted by atomic mass is 10.0. The van der Waals surface area contributed by atoms with Crippen LogP contribution in [0.5, 0.6) is 11.5 Å². The zero-order valence-corrected chi connectivity index (χ0v) is 17.0. The van der Waals surface area contributed by atoms with E-state index in [1.165, 1.54) is 11.8 Å². The van der Waals surface area contributed by atoms with Crippen LogP contribution in [0.15, 0.2) is 47.6 Å². The van der Waals surface area contributed by atoms with Gasteiger partial charge in [-0.1, -0.05) is 26.0 Å². The Morgan fingerprint density at radius 2 is 1.86 bits per heavy atom. The summed E-state index contributed by atoms with van der Waals surface area (Å²) in [5.74, 6) is 0.824. The maximum Gasteiger partial charge on any atom is 0.277 e. The standard InChI is InChI=1S/C22H29N3O3/c1-5-25(6-2)19-10-7-18(21(26)13-19)14-23-24-22(27)15-28-20-11-8-17(9-12-20)16(3)4/h7-14,16,26H,5-6,15H2,1-4H3,(H,24,27)/b23-14-. The van der Waals surface area contributed by atoms with Crippen LogP contribution in [-0.2, 0) is 4.79 Å². The van der Waals surface area contributed by atoms with Crippen molar-refractivity contribution >= 4 is 17.8 Å². The molecule has 0 saturated heterocycles. The molecule has 0 bridgehead atoms. The fraction of sp³-hybridized carbons (Fsp3) is 0.364. The molecule has 6 nitrogen and oxygen atoms in total. The predicted octanol–water partition coefficient (Wildman–Crippen LogP) is 3.89. The number of nitrogens with one attached hydrogen (secondary N) is 1. The first-order valence-electron chi connectivity index (χ1n) is 9.57. The van der Waals surface area contributed by atoms with Crippen molar-refractivity contribution in [1.82, 2.24) is 5.43 Å². The normalized spacial score (nSPS) is 11.0. The number of anilines is 1. The van der Waals surface area contributed by atoms with E-state index >= 15 is 0 Å². The molecule has 1 amide bonds. The second kappa shape index (κ2) is 10.3. The third-order valence-corrected chi connectivity index (χ3v) is 4.45. The molecule has 150 valence electrons. The molecule has 0 aliphatic heterocycles. The van der Waals surface area contributed by atoms with Crippen LogP contribution in [0, 0.1) is 0 Å². The highest BCUT2D eigenvalue weighted by atomic mass is 16.5. The first kappa shape index (κ1) is 21.3. The Bertz CT molecular complexity index is 797. The molecule has 2 aromatic rings. The molecular formula is C22H29N3O3. The van der Waals surface area contributed by atoms with Crippen molar-refractivity contribution in [1.29, 1.82) is 0 Å². The molecule has 0 heterocycles. The number of hydrogen-bond donors (Lipinski definition) is 2. The highest BCUT2D eigenvalue weighted by Gasteiger charge is 2.06. The number of ether oxygens (including phenoxy) is 1. The Labute approximate surface area is 166 Å². The molecule has 0 atom stereocenters. The first-order chi connectivity index (χ1) is 13.4. The van der Waals surface area contributed by atoms with Crippen LogP contribution in [0.1, 0.15) is 44.7 Å². The van der Waals surface area contributed by atoms with E-state index in [0.717, 1.165) is 18.8 Å². The van der Waals surface area contributed by atoms with Crippen LogP contribution in [0.4, 0.5) is 5.69 Å². The third kappa shape index (κ3) is 6.01. The Morgan fingerprint density at radius 1 is 1.18 bits per heavy atom. The zero-order valence-electron chi connectivity index (χ0n) is 17.0. The maximum absolute atomic E-state index is 11.9. The van der Waals surface area contributed by atoms with Crippen LogP contribution in [0.3, 0.4) is 0 Å². The van der Waals surface area contributed by atoms with Gasteiger partial charge in [-0.3, -0.25) is 4.79 Å². The molecule has 0 radical (unpaired) electrons. The van der Waals surface area contributed by atoms with E-state index in [9.17, 15) is 9.90 Å². The average molecular weight is 383 g/mol. The summed E-state index contributed by atoms with van der Waals surface area (Å²) in [4.78, 5) is 14.0. The highest BCUT2D eigenvalue weighted by molar-refractivity contribution is 5.86. The number of benzene rings is 2. The molecule has 0 aromatic heterocycles. The summed E-state index contributed by atoms with van der Waals surface area (Å²) in [7, 11) is 0. The Morgan fingerprint density at radius 3 is 2.43 bits per heavy atom. The SMILES string of the molecule is CCN(CC)c1ccc(/C=N\NC(=O)COc2ccc(C(C)C)cc2)c(O)c1. The molecule has 2 rings (SSSR count). The van der Waals surface area contributed by atoms with Crippen molar-refractivity contribution in [2.24, 2.45) is 5.10 Å². The minimum Gasteiger partial charge on any atom is -0.507 e. The lowest BCUT2D eigenvalue weighted by Crippen LogP contribution is -2.24. The van der Waals surface area contributed by atoms with Gasteiger partial charge in [0.2, 0.25) is 0 Å². The van der Waals surface area contributed by atoms with E-state index in [1.54, 1.807) is 12.1 Å². The fourth-order valence-electron chi connectivity index (χ4n) is 2.73. The van der Waals surface area contributed by atoms with Crippen LogP contribution in [0.2, 0.25) is 0 Å². The molecule has 0 aliphatic carbocycles. The Hall–Kier alpha value is -3.02. The second-order valence-corrected chi connectivity index (χ2v) is 6.72. The summed E-state index contributed by atoms with van der Waals surface area (Å²) < 4.78 is 5.45. The molecule has 6 heteroatoms. The van der Waals surface area contributed by atoms with Gasteiger partial charge in [-0.15, -0.1) is 0 Å². The van der Waals surface area contributed by atoms with Gasteiger partial charge in [-0.2, -0.15) is 5.10 Å². The zero-order chi connectivity index (χ0) is 20.5. The summed E-state index contributed by atoms with van der Waals surface area (Å²) in [6.07, 6.45) is 1.41. The minimum absolute atomic E-state index is 0.115. The monoisotopic (exact) mass is 383 g/mol. The minimum atomic E-state index is -0.372. The molecule has 0 spiro atoms. The summed E-state index contributed by atoms with van der Waals surface area (Å²) >= 11 is 0. The van der Waals surface area contributed by atoms with Gasteiger partial charge < -0.3 is 14.7 Å². The summed E-state index contributed by atoms with van der Waals surface area (Å²) in [6.45, 7) is 9.95. The first-order valence-corrected chi connectivity index (χ1v) is 9.57. The molecule has 0 fully saturated rings. The molecule has 2 aromatic carbocycles. The van der Waals surface area contributed by atoms with Crippen molar-refractivity contribution in [2.75, 3.05) is 24.6 Å². The van der Waals surface area contributed by atoms with E-state index < -0.39 is 0 Å². The quantitative estimate of drug-likeness (QED) is 0.509. The Balaban J connectivity index is 1.85. The van der Waals surface area contributed by atoms with E-state index in [-0.39, 0.29) is 18.3 Å². The number of carbonyl (C=O) groups is 1. The average Bonchev–Trinajstić information content (AvgIpc) is 2.69. The molecule has 28 heavy (non-hydrogen) atoms. The van der Waals surface area contributed by atoms with Gasteiger partial charge in [0.1, 0.15) is 11.5 Å². The third-order valence-electron chi connectivity index (χ3n) is 4.45. The van der Waals surface area contributed by atoms with E-state index in [0.29, 0.717) is 17.2 Å². The van der Waals surface area contributed by atoms with Crippen LogP contribution >= 0.6 is 0 Å². The number of nitrogens with zero attached hydrogens (tertiary/aromatic N) is 2. The van der Waals surface area contributed by atoms with Crippen molar-refractivity contribution in [3.63, 3.8) is 0 Å². The lowest BCUT2D eigenvalue weighted by molar-refractivity contribution is -0.123. The van der Waals surface area contributed by atoms with E-state index in [2.05, 4.69) is 43.1 Å². The fourth-order valence-corrected chi connectivity index (χ4v) is 2.73. The van der Waals surface area contributed by atoms with Gasteiger partial charge in [0, 0.05) is 30.4 Å². The van der Waals surface area contributed by atoms with Crippen molar-refractivity contribution in [2.45, 2.75) is 33.6 Å². The van der Waals surface area contributed by atoms with Crippen LogP contribution in [0.25, 0.3) is 0 Å². The predicted molar refractivity (Wildman–Crippen MR) is 113 cm³/mol. The highest BCUT2D eigenvalue weighted by Crippen LogP contribution is 2.23. The Kier molecular flexibility index (Phi) is 7.87. The van der Waals surface area contributed by atoms with E-state index in [1.807, 2.05) is 30.3 Å². The van der Waals surface area contributed by atoms with Crippen LogP contribution < -0.4 is 15.1 Å². The molecular weight excluding hydrogens is 354 g/mol. The van der Waals surface area contributed by atoms with Crippen molar-refractivity contribution in [3.8, 4) is 11.5 Å². The summed E-state index contributed by atoms with van der Waals surface area (Å²) in [5.41, 5.74) is 5.09. The number of phenolic OH excluding ortho intramolecular Hbond substituents is 1. The van der Waals surface area contributed by atoms with Crippen molar-refractivity contribution in [3.05, 3.63) is 53.6 Å². The number of rotatable bonds is 9. The molecule has 0 unspecified atom stereocenters. The van der Waals surface area contributed by atoms with Gasteiger partial charge in [0.05, 0.1) is 6.21 Å². The molecule has 0 aliphatic rings. The number of hydrazone groups is 1. The van der Waals surface area contributed by atoms with Gasteiger partial charge in [-0.25, -0.2) is 5.43 Å². The number of aromatic hydroxyl groups is 1. The van der Waals surface area contributed by atoms with E-state index in [4.69, 9.17) is 4.74 Å². The maximum atomic E-state index is 11.9. The lowest BCUT2D eigenvalue weighted by Gasteiger charge is -2.21. The summed E-state index contributed by atoms with van der Waals surface area (Å²) in [6, 6.07) is 13.1. The topological polar surface area (TPSA) is 74.2 Å². The van der Waals surface area contributed by atoms with Gasteiger partial charge in [0.15, 0.2) is 6.61 Å². The second-order valence-electron chi connectivity index (χ2n) is 6.72. The molecule has 2 N–H and O–H groups in total. The number of phenols is 1. The van der Waals surface area contributed by atoms with Gasteiger partial charge in [0.25, 0.3) is 5.91 Å². The molecule has 0 saturated carbocycles. The number of hydrogen-bond acceptors (Lipinski definition) is 5.